The third-order valence-corrected chi connectivity index (χ3v) is 4.85. The van der Waals surface area contributed by atoms with Crippen molar-refractivity contribution in [2.24, 2.45) is 5.73 Å². The first-order chi connectivity index (χ1) is 8.63. The van der Waals surface area contributed by atoms with Crippen LogP contribution in [0.5, 0.6) is 0 Å². The molecule has 0 fully saturated rings. The zero-order chi connectivity index (χ0) is 13.1. The molecule has 0 aliphatic rings. The number of methoxy groups -OCH3 is 1. The molecule has 2 aromatic rings. The van der Waals surface area contributed by atoms with Gasteiger partial charge in [-0.25, -0.2) is 0 Å². The standard InChI is InChI=1S/C11H13Br2N3OS/c1-17-5-4-16-11(7(12)6-15-16)10(14)8-2-3-9(13)18-8/h2-3,6,10H,4-5,14H2,1H3. The lowest BCUT2D eigenvalue weighted by molar-refractivity contribution is 0.182. The summed E-state index contributed by atoms with van der Waals surface area (Å²) in [6.07, 6.45) is 1.77. The number of aromatic nitrogens is 2. The number of nitrogens with zero attached hydrogens (tertiary/aromatic N) is 2. The van der Waals surface area contributed by atoms with Gasteiger partial charge in [0.25, 0.3) is 0 Å². The Morgan fingerprint density at radius 1 is 1.50 bits per heavy atom. The molecule has 2 rings (SSSR count). The number of nitrogens with two attached hydrogens (primary N) is 1. The van der Waals surface area contributed by atoms with Crippen LogP contribution in [0.1, 0.15) is 16.6 Å². The van der Waals surface area contributed by atoms with Gasteiger partial charge in [-0.1, -0.05) is 0 Å². The number of ether oxygens (including phenoxy) is 1. The molecule has 0 aliphatic carbocycles. The highest BCUT2D eigenvalue weighted by Gasteiger charge is 2.19. The van der Waals surface area contributed by atoms with Gasteiger partial charge >= 0.3 is 0 Å². The van der Waals surface area contributed by atoms with Gasteiger partial charge in [0, 0.05) is 12.0 Å². The number of hydrogen-bond donors (Lipinski definition) is 1. The zero-order valence-electron chi connectivity index (χ0n) is 9.77. The van der Waals surface area contributed by atoms with Crippen molar-refractivity contribution in [1.82, 2.24) is 9.78 Å². The van der Waals surface area contributed by atoms with Gasteiger partial charge in [-0.05, 0) is 44.0 Å². The maximum Gasteiger partial charge on any atom is 0.0828 e. The molecule has 2 aromatic heterocycles. The van der Waals surface area contributed by atoms with Crippen LogP contribution in [0.2, 0.25) is 0 Å². The fourth-order valence-corrected chi connectivity index (χ4v) is 3.64. The average molecular weight is 395 g/mol. The van der Waals surface area contributed by atoms with Crippen LogP contribution in [0.3, 0.4) is 0 Å². The van der Waals surface area contributed by atoms with E-state index in [2.05, 4.69) is 37.0 Å². The van der Waals surface area contributed by atoms with Crippen molar-refractivity contribution in [3.63, 3.8) is 0 Å². The van der Waals surface area contributed by atoms with Crippen LogP contribution in [0.15, 0.2) is 26.6 Å². The summed E-state index contributed by atoms with van der Waals surface area (Å²) < 4.78 is 8.96. The van der Waals surface area contributed by atoms with Gasteiger partial charge in [-0.15, -0.1) is 11.3 Å². The van der Waals surface area contributed by atoms with Gasteiger partial charge in [0.1, 0.15) is 0 Å². The molecule has 0 amide bonds. The first-order valence-electron chi connectivity index (χ1n) is 5.34. The van der Waals surface area contributed by atoms with E-state index in [1.807, 2.05) is 16.8 Å². The predicted molar refractivity (Wildman–Crippen MR) is 79.9 cm³/mol. The monoisotopic (exact) mass is 393 g/mol. The Labute approximate surface area is 126 Å². The lowest BCUT2D eigenvalue weighted by atomic mass is 10.2. The van der Waals surface area contributed by atoms with Gasteiger partial charge in [-0.3, -0.25) is 4.68 Å². The Bertz CT molecular complexity index is 526. The molecular weight excluding hydrogens is 382 g/mol. The molecule has 98 valence electrons. The minimum absolute atomic E-state index is 0.185. The molecule has 0 aliphatic heterocycles. The van der Waals surface area contributed by atoms with Gasteiger partial charge in [-0.2, -0.15) is 5.10 Å². The van der Waals surface area contributed by atoms with Crippen LogP contribution in [-0.4, -0.2) is 23.5 Å². The summed E-state index contributed by atoms with van der Waals surface area (Å²) in [4.78, 5) is 1.10. The average Bonchev–Trinajstić information content (AvgIpc) is 2.92. The summed E-state index contributed by atoms with van der Waals surface area (Å²) in [6.45, 7) is 1.31. The van der Waals surface area contributed by atoms with E-state index in [-0.39, 0.29) is 6.04 Å². The molecule has 0 spiro atoms. The Balaban J connectivity index is 2.28. The molecular formula is C11H13Br2N3OS. The molecule has 1 unspecified atom stereocenters. The lowest BCUT2D eigenvalue weighted by Crippen LogP contribution is -2.18. The van der Waals surface area contributed by atoms with Crippen molar-refractivity contribution in [1.29, 1.82) is 0 Å². The Morgan fingerprint density at radius 3 is 2.89 bits per heavy atom. The largest absolute Gasteiger partial charge is 0.383 e. The van der Waals surface area contributed by atoms with E-state index >= 15 is 0 Å². The topological polar surface area (TPSA) is 53.1 Å². The molecule has 0 radical (unpaired) electrons. The summed E-state index contributed by atoms with van der Waals surface area (Å²) in [5, 5.41) is 4.31. The molecule has 2 N–H and O–H groups in total. The molecule has 0 saturated carbocycles. The van der Waals surface area contributed by atoms with Gasteiger partial charge in [0.2, 0.25) is 0 Å². The highest BCUT2D eigenvalue weighted by Crippen LogP contribution is 2.32. The summed E-state index contributed by atoms with van der Waals surface area (Å²) >= 11 is 8.59. The zero-order valence-corrected chi connectivity index (χ0v) is 13.8. The Morgan fingerprint density at radius 2 is 2.28 bits per heavy atom. The second-order valence-electron chi connectivity index (χ2n) is 3.71. The van der Waals surface area contributed by atoms with Crippen LogP contribution >= 0.6 is 43.2 Å². The number of thiophene rings is 1. The highest BCUT2D eigenvalue weighted by molar-refractivity contribution is 9.11. The minimum atomic E-state index is -0.185. The van der Waals surface area contributed by atoms with Crippen LogP contribution in [0, 0.1) is 0 Å². The minimum Gasteiger partial charge on any atom is -0.383 e. The second-order valence-corrected chi connectivity index (χ2v) is 7.06. The summed E-state index contributed by atoms with van der Waals surface area (Å²) in [5.41, 5.74) is 7.28. The van der Waals surface area contributed by atoms with Gasteiger partial charge < -0.3 is 10.5 Å². The summed E-state index contributed by atoms with van der Waals surface area (Å²) in [6, 6.07) is 3.85. The first-order valence-corrected chi connectivity index (χ1v) is 7.74. The summed E-state index contributed by atoms with van der Waals surface area (Å²) in [5.74, 6) is 0. The maximum atomic E-state index is 6.31. The Kier molecular flexibility index (Phi) is 4.97. The molecule has 18 heavy (non-hydrogen) atoms. The molecule has 1 atom stereocenters. The number of hydrogen-bond acceptors (Lipinski definition) is 4. The molecule has 0 aromatic carbocycles. The molecule has 4 nitrogen and oxygen atoms in total. The van der Waals surface area contributed by atoms with Crippen molar-refractivity contribution in [2.45, 2.75) is 12.6 Å². The van der Waals surface area contributed by atoms with Gasteiger partial charge in [0.15, 0.2) is 0 Å². The van der Waals surface area contributed by atoms with Crippen molar-refractivity contribution >= 4 is 43.2 Å². The summed E-state index contributed by atoms with van der Waals surface area (Å²) in [7, 11) is 1.68. The molecule has 0 saturated heterocycles. The molecule has 7 heteroatoms. The maximum absolute atomic E-state index is 6.31. The van der Waals surface area contributed by atoms with Crippen LogP contribution in [-0.2, 0) is 11.3 Å². The van der Waals surface area contributed by atoms with Gasteiger partial charge in [0.05, 0.1) is 39.3 Å². The fourth-order valence-electron chi connectivity index (χ4n) is 1.67. The smallest absolute Gasteiger partial charge is 0.0828 e. The SMILES string of the molecule is COCCn1ncc(Br)c1C(N)c1ccc(Br)s1. The van der Waals surface area contributed by atoms with E-state index in [1.54, 1.807) is 24.6 Å². The van der Waals surface area contributed by atoms with Crippen molar-refractivity contribution in [3.05, 3.63) is 37.2 Å². The van der Waals surface area contributed by atoms with Crippen molar-refractivity contribution in [3.8, 4) is 0 Å². The third-order valence-electron chi connectivity index (χ3n) is 2.54. The van der Waals surface area contributed by atoms with Crippen molar-refractivity contribution < 1.29 is 4.74 Å². The van der Waals surface area contributed by atoms with E-state index in [0.29, 0.717) is 13.2 Å². The quantitative estimate of drug-likeness (QED) is 0.847. The van der Waals surface area contributed by atoms with Crippen LogP contribution in [0.4, 0.5) is 0 Å². The van der Waals surface area contributed by atoms with E-state index in [4.69, 9.17) is 10.5 Å². The lowest BCUT2D eigenvalue weighted by Gasteiger charge is -2.13. The number of rotatable bonds is 5. The highest BCUT2D eigenvalue weighted by atomic mass is 79.9. The van der Waals surface area contributed by atoms with E-state index < -0.39 is 0 Å². The van der Waals surface area contributed by atoms with Crippen LogP contribution in [0.25, 0.3) is 0 Å². The second kappa shape index (κ2) is 6.29. The first kappa shape index (κ1) is 14.2. The van der Waals surface area contributed by atoms with E-state index in [0.717, 1.165) is 18.8 Å². The molecule has 2 heterocycles. The van der Waals surface area contributed by atoms with E-state index in [9.17, 15) is 0 Å². The normalized spacial score (nSPS) is 12.9. The third kappa shape index (κ3) is 3.03. The fraction of sp³-hybridized carbons (Fsp3) is 0.364. The van der Waals surface area contributed by atoms with Crippen LogP contribution < -0.4 is 5.73 Å². The van der Waals surface area contributed by atoms with E-state index in [1.165, 1.54) is 0 Å². The van der Waals surface area contributed by atoms with Crippen molar-refractivity contribution in [2.75, 3.05) is 13.7 Å². The predicted octanol–water partition coefficient (Wildman–Crippen LogP) is 3.16. The molecule has 0 bridgehead atoms. The Hall–Kier alpha value is -0.210. The number of halogens is 2.